The van der Waals surface area contributed by atoms with Crippen molar-refractivity contribution >= 4 is 29.2 Å². The summed E-state index contributed by atoms with van der Waals surface area (Å²) < 4.78 is 20.3. The van der Waals surface area contributed by atoms with Gasteiger partial charge in [0.25, 0.3) is 0 Å². The lowest BCUT2D eigenvalue weighted by Crippen LogP contribution is -2.44. The van der Waals surface area contributed by atoms with Crippen LogP contribution in [0.3, 0.4) is 0 Å². The molecule has 0 aliphatic rings. The molecule has 1 atom stereocenters. The number of benzene rings is 3. The van der Waals surface area contributed by atoms with Crippen molar-refractivity contribution in [1.29, 1.82) is 0 Å². The average Bonchev–Trinajstić information content (AvgIpc) is 3.41. The van der Waals surface area contributed by atoms with Crippen molar-refractivity contribution in [2.45, 2.75) is 19.0 Å². The molecule has 0 spiro atoms. The van der Waals surface area contributed by atoms with Gasteiger partial charge in [-0.25, -0.2) is 14.2 Å². The fourth-order valence-corrected chi connectivity index (χ4v) is 4.45. The maximum atomic E-state index is 13.6. The highest BCUT2D eigenvalue weighted by atomic mass is 35.5. The summed E-state index contributed by atoms with van der Waals surface area (Å²) in [6.45, 7) is -0.0298. The normalized spacial score (nSPS) is 11.9. The minimum Gasteiger partial charge on any atom is -0.508 e. The van der Waals surface area contributed by atoms with Crippen LogP contribution in [0.5, 0.6) is 5.75 Å². The van der Waals surface area contributed by atoms with Gasteiger partial charge in [0.2, 0.25) is 0 Å². The third kappa shape index (κ3) is 6.71. The highest BCUT2D eigenvalue weighted by Crippen LogP contribution is 2.23. The molecule has 3 aromatic carbocycles. The molecule has 0 aliphatic carbocycles. The number of phenolic OH excluding ortho intramolecular Hbond substituents is 1. The van der Waals surface area contributed by atoms with Gasteiger partial charge in [0.1, 0.15) is 23.3 Å². The molecule has 5 aromatic rings. The van der Waals surface area contributed by atoms with Crippen LogP contribution in [0, 0.1) is 5.82 Å². The van der Waals surface area contributed by atoms with Crippen molar-refractivity contribution in [3.05, 3.63) is 125 Å². The molecule has 208 valence electrons. The molecule has 0 unspecified atom stereocenters. The van der Waals surface area contributed by atoms with Crippen LogP contribution in [0.15, 0.2) is 97.3 Å². The van der Waals surface area contributed by atoms with Crippen molar-refractivity contribution in [1.82, 2.24) is 14.4 Å². The monoisotopic (exact) mass is 573 g/mol. The largest absolute Gasteiger partial charge is 0.508 e. The van der Waals surface area contributed by atoms with E-state index in [4.69, 9.17) is 21.2 Å². The Morgan fingerprint density at radius 3 is 2.27 bits per heavy atom. The summed E-state index contributed by atoms with van der Waals surface area (Å²) in [6.07, 6.45) is 3.48. The summed E-state index contributed by atoms with van der Waals surface area (Å²) in [5.74, 6) is -1.78. The molecule has 41 heavy (non-hydrogen) atoms. The maximum absolute atomic E-state index is 13.6. The van der Waals surface area contributed by atoms with Crippen LogP contribution in [0.1, 0.15) is 21.6 Å². The van der Waals surface area contributed by atoms with Crippen molar-refractivity contribution in [3.63, 3.8) is 0 Å². The predicted molar refractivity (Wildman–Crippen MR) is 151 cm³/mol. The highest BCUT2D eigenvalue weighted by molar-refractivity contribution is 6.30. The number of phenols is 1. The van der Waals surface area contributed by atoms with Crippen LogP contribution in [0.2, 0.25) is 5.02 Å². The van der Waals surface area contributed by atoms with Gasteiger partial charge in [-0.05, 0) is 70.8 Å². The minimum atomic E-state index is -1.05. The summed E-state index contributed by atoms with van der Waals surface area (Å²) in [7, 11) is 1.24. The van der Waals surface area contributed by atoms with Crippen LogP contribution >= 0.6 is 11.6 Å². The third-order valence-corrected chi connectivity index (χ3v) is 6.73. The molecule has 0 saturated heterocycles. The molecule has 2 heterocycles. The maximum Gasteiger partial charge on any atom is 0.377 e. The van der Waals surface area contributed by atoms with E-state index in [0.29, 0.717) is 21.8 Å². The molecule has 0 saturated carbocycles. The number of aromatic hydroxyl groups is 1. The zero-order valence-electron chi connectivity index (χ0n) is 21.9. The van der Waals surface area contributed by atoms with Gasteiger partial charge in [-0.1, -0.05) is 48.0 Å². The van der Waals surface area contributed by atoms with Gasteiger partial charge in [0.05, 0.1) is 13.7 Å². The number of hydroxylamine groups is 2. The van der Waals surface area contributed by atoms with Crippen LogP contribution in [0.4, 0.5) is 4.39 Å². The van der Waals surface area contributed by atoms with Crippen molar-refractivity contribution in [2.24, 2.45) is 0 Å². The molecule has 0 aliphatic heterocycles. The number of pyridine rings is 1. The van der Waals surface area contributed by atoms with E-state index >= 15 is 0 Å². The van der Waals surface area contributed by atoms with Crippen LogP contribution in [-0.2, 0) is 27.3 Å². The zero-order valence-corrected chi connectivity index (χ0v) is 22.7. The molecule has 0 radical (unpaired) electrons. The van der Waals surface area contributed by atoms with Gasteiger partial charge in [0.15, 0.2) is 5.69 Å². The number of ether oxygens (including phenoxy) is 1. The third-order valence-electron chi connectivity index (χ3n) is 6.48. The Labute approximate surface area is 240 Å². The standard InChI is InChI=1S/C31H25ClFN3O5/c1-40-31(39)28(16-20-4-13-26(37)14-5-20)36(17-21-2-11-25(33)12-3-21)41-30(38)27-19-35-18-23(8-15-29(35)34-27)22-6-9-24(32)10-7-22/h2-15,18-19,28,37H,16-17H2,1H3/t28-/m0/s1. The summed E-state index contributed by atoms with van der Waals surface area (Å²) in [5.41, 5.74) is 3.67. The van der Waals surface area contributed by atoms with Gasteiger partial charge >= 0.3 is 11.9 Å². The molecule has 0 bridgehead atoms. The second kappa shape index (κ2) is 12.2. The van der Waals surface area contributed by atoms with Crippen molar-refractivity contribution < 1.29 is 28.7 Å². The first-order valence-corrected chi connectivity index (χ1v) is 13.0. The Balaban J connectivity index is 1.44. The summed E-state index contributed by atoms with van der Waals surface area (Å²) >= 11 is 6.01. The van der Waals surface area contributed by atoms with E-state index in [1.165, 1.54) is 48.6 Å². The van der Waals surface area contributed by atoms with E-state index < -0.39 is 23.8 Å². The Morgan fingerprint density at radius 1 is 0.927 bits per heavy atom. The van der Waals surface area contributed by atoms with E-state index in [2.05, 4.69) is 4.98 Å². The first kappa shape index (κ1) is 27.8. The Kier molecular flexibility index (Phi) is 8.28. The number of hydrogen-bond donors (Lipinski definition) is 1. The van der Waals surface area contributed by atoms with Gasteiger partial charge in [-0.15, -0.1) is 5.06 Å². The van der Waals surface area contributed by atoms with Gasteiger partial charge in [-0.2, -0.15) is 0 Å². The SMILES string of the molecule is COC(=O)[C@H](Cc1ccc(O)cc1)N(Cc1ccc(F)cc1)OC(=O)c1cn2cc(-c3ccc(Cl)cc3)ccc2n1. The number of imidazole rings is 1. The number of methoxy groups -OCH3 is 1. The lowest BCUT2D eigenvalue weighted by molar-refractivity contribution is -0.177. The number of carbonyl (C=O) groups is 2. The van der Waals surface area contributed by atoms with Gasteiger partial charge in [-0.3, -0.25) is 4.79 Å². The molecule has 1 N–H and O–H groups in total. The lowest BCUT2D eigenvalue weighted by atomic mass is 10.0. The zero-order chi connectivity index (χ0) is 28.9. The second-order valence-electron chi connectivity index (χ2n) is 9.31. The minimum absolute atomic E-state index is 0.0237. The second-order valence-corrected chi connectivity index (χ2v) is 9.74. The molecule has 8 nitrogen and oxygen atoms in total. The van der Waals surface area contributed by atoms with Gasteiger partial charge in [0, 0.05) is 23.8 Å². The Bertz CT molecular complexity index is 1670. The fourth-order valence-electron chi connectivity index (χ4n) is 4.33. The number of aromatic nitrogens is 2. The van der Waals surface area contributed by atoms with E-state index in [1.54, 1.807) is 40.9 Å². The van der Waals surface area contributed by atoms with E-state index in [1.807, 2.05) is 24.4 Å². The predicted octanol–water partition coefficient (Wildman–Crippen LogP) is 5.86. The molecule has 5 rings (SSSR count). The Morgan fingerprint density at radius 2 is 1.59 bits per heavy atom. The van der Waals surface area contributed by atoms with Crippen LogP contribution < -0.4 is 0 Å². The number of halogens is 2. The lowest BCUT2D eigenvalue weighted by Gasteiger charge is -2.28. The molecular formula is C31H25ClFN3O5. The number of esters is 1. The fraction of sp³-hybridized carbons (Fsp3) is 0.129. The number of fused-ring (bicyclic) bond motifs is 1. The van der Waals surface area contributed by atoms with E-state index in [0.717, 1.165) is 11.1 Å². The molecular weight excluding hydrogens is 549 g/mol. The van der Waals surface area contributed by atoms with Crippen LogP contribution in [-0.4, -0.2) is 44.6 Å². The quantitative estimate of drug-likeness (QED) is 0.174. The summed E-state index contributed by atoms with van der Waals surface area (Å²) in [4.78, 5) is 36.5. The topological polar surface area (TPSA) is 93.4 Å². The van der Waals surface area contributed by atoms with Gasteiger partial charge < -0.3 is 19.1 Å². The summed E-state index contributed by atoms with van der Waals surface area (Å²) in [6, 6.07) is 21.9. The highest BCUT2D eigenvalue weighted by Gasteiger charge is 2.32. The number of rotatable bonds is 9. The summed E-state index contributed by atoms with van der Waals surface area (Å²) in [5, 5.41) is 11.5. The smallest absolute Gasteiger partial charge is 0.377 e. The number of hydrogen-bond acceptors (Lipinski definition) is 7. The average molecular weight is 574 g/mol. The first-order valence-electron chi connectivity index (χ1n) is 12.6. The molecule has 2 aromatic heterocycles. The van der Waals surface area contributed by atoms with Crippen molar-refractivity contribution in [2.75, 3.05) is 7.11 Å². The Hall–Kier alpha value is -4.73. The number of carbonyl (C=O) groups excluding carboxylic acids is 2. The number of nitrogens with zero attached hydrogens (tertiary/aromatic N) is 3. The van der Waals surface area contributed by atoms with E-state index in [-0.39, 0.29) is 24.4 Å². The van der Waals surface area contributed by atoms with E-state index in [9.17, 15) is 19.1 Å². The van der Waals surface area contributed by atoms with Crippen molar-refractivity contribution in [3.8, 4) is 16.9 Å². The first-order chi connectivity index (χ1) is 19.8. The molecule has 0 fully saturated rings. The van der Waals surface area contributed by atoms with Crippen LogP contribution in [0.25, 0.3) is 16.8 Å². The molecule has 0 amide bonds. The molecule has 10 heteroatoms.